The van der Waals surface area contributed by atoms with Crippen LogP contribution >= 0.6 is 0 Å². The first-order chi connectivity index (χ1) is 10.8. The molecular formula is C19H25N3. The van der Waals surface area contributed by atoms with Crippen molar-refractivity contribution in [2.75, 3.05) is 38.5 Å². The van der Waals surface area contributed by atoms with Gasteiger partial charge < -0.3 is 10.2 Å². The maximum Gasteiger partial charge on any atom is 0.0400 e. The third kappa shape index (κ3) is 4.33. The van der Waals surface area contributed by atoms with E-state index in [0.29, 0.717) is 0 Å². The molecule has 116 valence electrons. The summed E-state index contributed by atoms with van der Waals surface area (Å²) in [6.07, 6.45) is 0. The van der Waals surface area contributed by atoms with Gasteiger partial charge in [-0.15, -0.1) is 0 Å². The van der Waals surface area contributed by atoms with Crippen LogP contribution in [0.1, 0.15) is 11.1 Å². The zero-order chi connectivity index (χ0) is 15.2. The van der Waals surface area contributed by atoms with Gasteiger partial charge in [0.25, 0.3) is 0 Å². The fourth-order valence-electron chi connectivity index (χ4n) is 2.84. The van der Waals surface area contributed by atoms with Gasteiger partial charge >= 0.3 is 0 Å². The van der Waals surface area contributed by atoms with Gasteiger partial charge in [-0.05, 0) is 30.3 Å². The largest absolute Gasteiger partial charge is 0.381 e. The first-order valence-corrected chi connectivity index (χ1v) is 8.07. The summed E-state index contributed by atoms with van der Waals surface area (Å²) in [4.78, 5) is 4.94. The van der Waals surface area contributed by atoms with Crippen molar-refractivity contribution in [3.8, 4) is 0 Å². The Morgan fingerprint density at radius 1 is 0.864 bits per heavy atom. The Morgan fingerprint density at radius 2 is 1.59 bits per heavy atom. The molecular weight excluding hydrogens is 270 g/mol. The molecule has 3 rings (SSSR count). The smallest absolute Gasteiger partial charge is 0.0400 e. The van der Waals surface area contributed by atoms with Crippen LogP contribution in [-0.4, -0.2) is 43.0 Å². The molecule has 0 saturated carbocycles. The number of nitrogens with one attached hydrogen (secondary N) is 1. The molecule has 1 fully saturated rings. The van der Waals surface area contributed by atoms with Crippen LogP contribution in [0.25, 0.3) is 0 Å². The number of likely N-dealkylation sites (N-methyl/N-ethyl adjacent to an activating group) is 1. The minimum Gasteiger partial charge on any atom is -0.381 e. The van der Waals surface area contributed by atoms with Crippen LogP contribution < -0.4 is 5.32 Å². The van der Waals surface area contributed by atoms with E-state index in [1.165, 1.54) is 29.9 Å². The summed E-state index contributed by atoms with van der Waals surface area (Å²) in [7, 11) is 2.20. The Labute approximate surface area is 133 Å². The number of hydrogen-bond acceptors (Lipinski definition) is 3. The highest BCUT2D eigenvalue weighted by molar-refractivity contribution is 5.46. The summed E-state index contributed by atoms with van der Waals surface area (Å²) in [5.74, 6) is 0. The van der Waals surface area contributed by atoms with Crippen LogP contribution in [0.4, 0.5) is 5.69 Å². The first-order valence-electron chi connectivity index (χ1n) is 8.07. The lowest BCUT2D eigenvalue weighted by atomic mass is 10.1. The van der Waals surface area contributed by atoms with Crippen LogP contribution in [0.2, 0.25) is 0 Å². The minimum atomic E-state index is 0.874. The molecule has 1 saturated heterocycles. The summed E-state index contributed by atoms with van der Waals surface area (Å²) < 4.78 is 0. The van der Waals surface area contributed by atoms with Crippen LogP contribution in [0, 0.1) is 0 Å². The summed E-state index contributed by atoms with van der Waals surface area (Å²) in [5.41, 5.74) is 3.91. The Morgan fingerprint density at radius 3 is 2.36 bits per heavy atom. The summed E-state index contributed by atoms with van der Waals surface area (Å²) >= 11 is 0. The van der Waals surface area contributed by atoms with Crippen LogP contribution in [0.5, 0.6) is 0 Å². The molecule has 0 unspecified atom stereocenters. The van der Waals surface area contributed by atoms with Gasteiger partial charge in [0.2, 0.25) is 0 Å². The lowest BCUT2D eigenvalue weighted by Gasteiger charge is -2.32. The van der Waals surface area contributed by atoms with E-state index in [9.17, 15) is 0 Å². The molecule has 1 aliphatic heterocycles. The Hall–Kier alpha value is -1.84. The van der Waals surface area contributed by atoms with Crippen molar-refractivity contribution in [2.24, 2.45) is 0 Å². The van der Waals surface area contributed by atoms with E-state index in [4.69, 9.17) is 0 Å². The van der Waals surface area contributed by atoms with E-state index in [-0.39, 0.29) is 0 Å². The molecule has 3 heteroatoms. The van der Waals surface area contributed by atoms with Crippen molar-refractivity contribution in [2.45, 2.75) is 13.1 Å². The first kappa shape index (κ1) is 15.1. The van der Waals surface area contributed by atoms with Gasteiger partial charge in [-0.3, -0.25) is 4.90 Å². The fraction of sp³-hybridized carbons (Fsp3) is 0.368. The zero-order valence-corrected chi connectivity index (χ0v) is 13.3. The van der Waals surface area contributed by atoms with Crippen molar-refractivity contribution >= 4 is 5.69 Å². The van der Waals surface area contributed by atoms with Crippen LogP contribution in [0.15, 0.2) is 54.6 Å². The predicted molar refractivity (Wildman–Crippen MR) is 93.0 cm³/mol. The SMILES string of the molecule is CN1CCN(Cc2cccc(NCc3ccccc3)c2)CC1. The molecule has 0 aliphatic carbocycles. The number of piperazine rings is 1. The normalized spacial score (nSPS) is 16.6. The van der Waals surface area contributed by atoms with E-state index in [1.807, 2.05) is 0 Å². The van der Waals surface area contributed by atoms with Gasteiger partial charge in [-0.2, -0.15) is 0 Å². The van der Waals surface area contributed by atoms with E-state index in [2.05, 4.69) is 76.8 Å². The quantitative estimate of drug-likeness (QED) is 0.914. The molecule has 2 aromatic rings. The number of hydrogen-bond donors (Lipinski definition) is 1. The minimum absolute atomic E-state index is 0.874. The second-order valence-corrected chi connectivity index (χ2v) is 6.12. The van der Waals surface area contributed by atoms with Gasteiger partial charge in [0.05, 0.1) is 0 Å². The fourth-order valence-corrected chi connectivity index (χ4v) is 2.84. The molecule has 0 spiro atoms. The second-order valence-electron chi connectivity index (χ2n) is 6.12. The predicted octanol–water partition coefficient (Wildman–Crippen LogP) is 3.05. The molecule has 3 nitrogen and oxygen atoms in total. The van der Waals surface area contributed by atoms with Crippen molar-refractivity contribution in [3.63, 3.8) is 0 Å². The Kier molecular flexibility index (Phi) is 5.09. The Balaban J connectivity index is 1.55. The molecule has 1 N–H and O–H groups in total. The van der Waals surface area contributed by atoms with Gasteiger partial charge in [-0.1, -0.05) is 42.5 Å². The summed E-state index contributed by atoms with van der Waals surface area (Å²) in [5, 5.41) is 3.52. The van der Waals surface area contributed by atoms with E-state index in [0.717, 1.165) is 26.2 Å². The van der Waals surface area contributed by atoms with Crippen LogP contribution in [-0.2, 0) is 13.1 Å². The van der Waals surface area contributed by atoms with Crippen LogP contribution in [0.3, 0.4) is 0 Å². The van der Waals surface area contributed by atoms with Crippen molar-refractivity contribution in [1.82, 2.24) is 9.80 Å². The Bertz CT molecular complexity index is 574. The molecule has 0 radical (unpaired) electrons. The topological polar surface area (TPSA) is 18.5 Å². The van der Waals surface area contributed by atoms with Gasteiger partial charge in [0.1, 0.15) is 0 Å². The lowest BCUT2D eigenvalue weighted by Crippen LogP contribution is -2.43. The molecule has 2 aromatic carbocycles. The molecule has 0 atom stereocenters. The summed E-state index contributed by atoms with van der Waals surface area (Å²) in [6.45, 7) is 6.60. The highest BCUT2D eigenvalue weighted by atomic mass is 15.2. The number of benzene rings is 2. The second kappa shape index (κ2) is 7.43. The average Bonchev–Trinajstić information content (AvgIpc) is 2.57. The average molecular weight is 295 g/mol. The highest BCUT2D eigenvalue weighted by Gasteiger charge is 2.13. The zero-order valence-electron chi connectivity index (χ0n) is 13.3. The van der Waals surface area contributed by atoms with Gasteiger partial charge in [-0.25, -0.2) is 0 Å². The maximum atomic E-state index is 3.52. The molecule has 1 aliphatic rings. The third-order valence-corrected chi connectivity index (χ3v) is 4.27. The summed E-state index contributed by atoms with van der Waals surface area (Å²) in [6, 6.07) is 19.3. The molecule has 22 heavy (non-hydrogen) atoms. The molecule has 0 aromatic heterocycles. The lowest BCUT2D eigenvalue weighted by molar-refractivity contribution is 0.148. The highest BCUT2D eigenvalue weighted by Crippen LogP contribution is 2.15. The van der Waals surface area contributed by atoms with E-state index >= 15 is 0 Å². The molecule has 0 bridgehead atoms. The molecule has 0 amide bonds. The number of rotatable bonds is 5. The monoisotopic (exact) mass is 295 g/mol. The standard InChI is InChI=1S/C19H25N3/c1-21-10-12-22(13-11-21)16-18-8-5-9-19(14-18)20-15-17-6-3-2-4-7-17/h2-9,14,20H,10-13,15-16H2,1H3. The maximum absolute atomic E-state index is 3.52. The van der Waals surface area contributed by atoms with Gasteiger partial charge in [0, 0.05) is 45.0 Å². The number of anilines is 1. The third-order valence-electron chi connectivity index (χ3n) is 4.27. The van der Waals surface area contributed by atoms with Crippen molar-refractivity contribution in [1.29, 1.82) is 0 Å². The number of nitrogens with zero attached hydrogens (tertiary/aromatic N) is 2. The van der Waals surface area contributed by atoms with Crippen molar-refractivity contribution in [3.05, 3.63) is 65.7 Å². The van der Waals surface area contributed by atoms with Gasteiger partial charge in [0.15, 0.2) is 0 Å². The van der Waals surface area contributed by atoms with Crippen molar-refractivity contribution < 1.29 is 0 Å². The van der Waals surface area contributed by atoms with E-state index < -0.39 is 0 Å². The van der Waals surface area contributed by atoms with E-state index in [1.54, 1.807) is 0 Å². The molecule has 1 heterocycles.